The fraction of sp³-hybridized carbons (Fsp3) is 0.500. The van der Waals surface area contributed by atoms with E-state index < -0.39 is 0 Å². The van der Waals surface area contributed by atoms with Crippen molar-refractivity contribution in [2.24, 2.45) is 5.73 Å². The third-order valence-electron chi connectivity index (χ3n) is 3.15. The predicted octanol–water partition coefficient (Wildman–Crippen LogP) is 1.40. The average Bonchev–Trinajstić information content (AvgIpc) is 2.62. The van der Waals surface area contributed by atoms with Crippen molar-refractivity contribution in [1.82, 2.24) is 4.90 Å². The van der Waals surface area contributed by atoms with Gasteiger partial charge in [-0.15, -0.1) is 0 Å². The number of rotatable bonds is 2. The zero-order chi connectivity index (χ0) is 13.0. The molecule has 1 amide bonds. The van der Waals surface area contributed by atoms with Crippen molar-refractivity contribution >= 4 is 5.91 Å². The molecule has 1 saturated heterocycles. The van der Waals surface area contributed by atoms with E-state index in [-0.39, 0.29) is 12.0 Å². The van der Waals surface area contributed by atoms with Gasteiger partial charge in [-0.05, 0) is 31.0 Å². The van der Waals surface area contributed by atoms with Crippen LogP contribution in [0.15, 0.2) is 24.3 Å². The van der Waals surface area contributed by atoms with Crippen molar-refractivity contribution in [1.29, 1.82) is 0 Å². The number of ether oxygens (including phenoxy) is 1. The summed E-state index contributed by atoms with van der Waals surface area (Å²) < 4.78 is 5.55. The summed E-state index contributed by atoms with van der Waals surface area (Å²) in [4.78, 5) is 14.3. The lowest BCUT2D eigenvalue weighted by molar-refractivity contribution is 0.0562. The minimum absolute atomic E-state index is 0.0719. The number of carbonyl (C=O) groups excluding carboxylic acids is 1. The Hall–Kier alpha value is -1.39. The summed E-state index contributed by atoms with van der Waals surface area (Å²) in [5, 5.41) is 0. The molecular weight excluding hydrogens is 228 g/mol. The molecule has 2 N–H and O–H groups in total. The largest absolute Gasteiger partial charge is 0.377 e. The molecule has 0 bridgehead atoms. The molecular formula is C14H20N2O2. The Kier molecular flexibility index (Phi) is 4.33. The van der Waals surface area contributed by atoms with Crippen LogP contribution in [-0.4, -0.2) is 36.6 Å². The Morgan fingerprint density at radius 2 is 2.39 bits per heavy atom. The molecule has 4 nitrogen and oxygen atoms in total. The molecule has 18 heavy (non-hydrogen) atoms. The first kappa shape index (κ1) is 13.1. The normalized spacial score (nSPS) is 20.6. The van der Waals surface area contributed by atoms with Gasteiger partial charge in [0, 0.05) is 31.8 Å². The van der Waals surface area contributed by atoms with Gasteiger partial charge in [0.25, 0.3) is 5.91 Å². The van der Waals surface area contributed by atoms with E-state index in [4.69, 9.17) is 10.5 Å². The summed E-state index contributed by atoms with van der Waals surface area (Å²) in [6.07, 6.45) is 1.00. The van der Waals surface area contributed by atoms with Crippen LogP contribution in [0.1, 0.15) is 29.3 Å². The zero-order valence-corrected chi connectivity index (χ0v) is 10.8. The van der Waals surface area contributed by atoms with E-state index in [1.807, 2.05) is 36.1 Å². The van der Waals surface area contributed by atoms with E-state index in [2.05, 4.69) is 0 Å². The molecule has 1 unspecified atom stereocenters. The molecule has 0 radical (unpaired) electrons. The molecule has 1 aromatic rings. The maximum atomic E-state index is 12.4. The summed E-state index contributed by atoms with van der Waals surface area (Å²) in [5.41, 5.74) is 7.30. The number of benzene rings is 1. The second kappa shape index (κ2) is 5.98. The molecule has 0 saturated carbocycles. The molecule has 1 fully saturated rings. The first-order chi connectivity index (χ1) is 8.70. The minimum atomic E-state index is 0.0719. The topological polar surface area (TPSA) is 55.6 Å². The fourth-order valence-corrected chi connectivity index (χ4v) is 2.19. The highest BCUT2D eigenvalue weighted by atomic mass is 16.5. The van der Waals surface area contributed by atoms with Crippen molar-refractivity contribution < 1.29 is 9.53 Å². The van der Waals surface area contributed by atoms with Crippen molar-refractivity contribution in [3.63, 3.8) is 0 Å². The molecule has 0 aromatic heterocycles. The van der Waals surface area contributed by atoms with E-state index in [1.165, 1.54) is 0 Å². The number of carbonyl (C=O) groups is 1. The highest BCUT2D eigenvalue weighted by molar-refractivity contribution is 5.94. The Balaban J connectivity index is 2.13. The lowest BCUT2D eigenvalue weighted by Crippen LogP contribution is -2.35. The summed E-state index contributed by atoms with van der Waals surface area (Å²) in [6, 6.07) is 7.54. The van der Waals surface area contributed by atoms with Crippen molar-refractivity contribution in [3.8, 4) is 0 Å². The van der Waals surface area contributed by atoms with Gasteiger partial charge in [0.15, 0.2) is 0 Å². The lowest BCUT2D eigenvalue weighted by atomic mass is 10.1. The third kappa shape index (κ3) is 3.09. The number of hydrogen-bond donors (Lipinski definition) is 1. The monoisotopic (exact) mass is 248 g/mol. The highest BCUT2D eigenvalue weighted by Crippen LogP contribution is 2.12. The van der Waals surface area contributed by atoms with Crippen LogP contribution in [0.5, 0.6) is 0 Å². The van der Waals surface area contributed by atoms with Crippen molar-refractivity contribution in [3.05, 3.63) is 35.4 Å². The first-order valence-electron chi connectivity index (χ1n) is 6.40. The number of hydrogen-bond acceptors (Lipinski definition) is 3. The Labute approximate surface area is 108 Å². The summed E-state index contributed by atoms with van der Waals surface area (Å²) in [6.45, 7) is 4.61. The average molecular weight is 248 g/mol. The Morgan fingerprint density at radius 3 is 3.17 bits per heavy atom. The second-order valence-electron chi connectivity index (χ2n) is 4.69. The van der Waals surface area contributed by atoms with E-state index in [0.29, 0.717) is 18.7 Å². The van der Waals surface area contributed by atoms with Crippen LogP contribution < -0.4 is 5.73 Å². The van der Waals surface area contributed by atoms with Gasteiger partial charge in [-0.1, -0.05) is 12.1 Å². The zero-order valence-electron chi connectivity index (χ0n) is 10.8. The number of nitrogens with two attached hydrogens (primary N) is 1. The van der Waals surface area contributed by atoms with E-state index in [9.17, 15) is 4.79 Å². The van der Waals surface area contributed by atoms with E-state index in [1.54, 1.807) is 0 Å². The van der Waals surface area contributed by atoms with Gasteiger partial charge in [0.2, 0.25) is 0 Å². The molecule has 1 heterocycles. The second-order valence-corrected chi connectivity index (χ2v) is 4.69. The Bertz CT molecular complexity index is 420. The number of amides is 1. The van der Waals surface area contributed by atoms with Gasteiger partial charge in [0.1, 0.15) is 0 Å². The molecule has 1 aliphatic rings. The van der Waals surface area contributed by atoms with Crippen molar-refractivity contribution in [2.45, 2.75) is 26.0 Å². The molecule has 1 aromatic carbocycles. The van der Waals surface area contributed by atoms with Gasteiger partial charge >= 0.3 is 0 Å². The van der Waals surface area contributed by atoms with Gasteiger partial charge in [-0.3, -0.25) is 4.79 Å². The van der Waals surface area contributed by atoms with E-state index in [0.717, 1.165) is 25.1 Å². The van der Waals surface area contributed by atoms with Crippen LogP contribution in [0.4, 0.5) is 0 Å². The van der Waals surface area contributed by atoms with Crippen LogP contribution in [0.25, 0.3) is 0 Å². The summed E-state index contributed by atoms with van der Waals surface area (Å²) >= 11 is 0. The summed E-state index contributed by atoms with van der Waals surface area (Å²) in [7, 11) is 0. The summed E-state index contributed by atoms with van der Waals surface area (Å²) in [5.74, 6) is 0.0719. The maximum Gasteiger partial charge on any atom is 0.253 e. The van der Waals surface area contributed by atoms with E-state index >= 15 is 0 Å². The molecule has 98 valence electrons. The van der Waals surface area contributed by atoms with Crippen LogP contribution in [0, 0.1) is 0 Å². The minimum Gasteiger partial charge on any atom is -0.377 e. The van der Waals surface area contributed by atoms with Crippen molar-refractivity contribution in [2.75, 3.05) is 19.7 Å². The molecule has 0 aliphatic carbocycles. The van der Waals surface area contributed by atoms with Crippen LogP contribution in [0.2, 0.25) is 0 Å². The van der Waals surface area contributed by atoms with Gasteiger partial charge < -0.3 is 15.4 Å². The van der Waals surface area contributed by atoms with Gasteiger partial charge in [-0.2, -0.15) is 0 Å². The standard InChI is InChI=1S/C14H20N2O2/c1-11-10-16(6-3-7-18-11)14(17)13-5-2-4-12(8-13)9-15/h2,4-5,8,11H,3,6-7,9-10,15H2,1H3. The maximum absolute atomic E-state index is 12.4. The van der Waals surface area contributed by atoms with Crippen LogP contribution in [-0.2, 0) is 11.3 Å². The highest BCUT2D eigenvalue weighted by Gasteiger charge is 2.20. The van der Waals surface area contributed by atoms with Gasteiger partial charge in [0.05, 0.1) is 6.10 Å². The molecule has 4 heteroatoms. The van der Waals surface area contributed by atoms with Crippen LogP contribution in [0.3, 0.4) is 0 Å². The SMILES string of the molecule is CC1CN(C(=O)c2cccc(CN)c2)CCCO1. The third-order valence-corrected chi connectivity index (χ3v) is 3.15. The quantitative estimate of drug-likeness (QED) is 0.860. The molecule has 1 aliphatic heterocycles. The van der Waals surface area contributed by atoms with Gasteiger partial charge in [-0.25, -0.2) is 0 Å². The Morgan fingerprint density at radius 1 is 1.56 bits per heavy atom. The lowest BCUT2D eigenvalue weighted by Gasteiger charge is -2.22. The fourth-order valence-electron chi connectivity index (χ4n) is 2.19. The number of nitrogens with zero attached hydrogens (tertiary/aromatic N) is 1. The molecule has 0 spiro atoms. The smallest absolute Gasteiger partial charge is 0.253 e. The van der Waals surface area contributed by atoms with Crippen LogP contribution >= 0.6 is 0 Å². The molecule has 2 rings (SSSR count). The molecule has 1 atom stereocenters. The predicted molar refractivity (Wildman–Crippen MR) is 70.3 cm³/mol. The first-order valence-corrected chi connectivity index (χ1v) is 6.40.